The van der Waals surface area contributed by atoms with Gasteiger partial charge in [-0.2, -0.15) is 5.26 Å². The fourth-order valence-corrected chi connectivity index (χ4v) is 1.09. The van der Waals surface area contributed by atoms with Crippen molar-refractivity contribution in [3.8, 4) is 17.2 Å². The third kappa shape index (κ3) is 1.42. The van der Waals surface area contributed by atoms with Gasteiger partial charge in [-0.05, 0) is 12.1 Å². The Morgan fingerprint density at radius 1 is 1.31 bits per heavy atom. The highest BCUT2D eigenvalue weighted by Gasteiger charge is 1.99. The third-order valence-electron chi connectivity index (χ3n) is 1.72. The quantitative estimate of drug-likeness (QED) is 0.659. The SMILES string of the molecule is N#Cc1cncc(-c2ccoc2)c1. The number of nitrogens with zero attached hydrogens (tertiary/aromatic N) is 2. The van der Waals surface area contributed by atoms with Crippen molar-refractivity contribution in [2.75, 3.05) is 0 Å². The Labute approximate surface area is 75.3 Å². The van der Waals surface area contributed by atoms with Crippen LogP contribution in [0.2, 0.25) is 0 Å². The van der Waals surface area contributed by atoms with E-state index in [4.69, 9.17) is 9.68 Å². The number of furan rings is 1. The van der Waals surface area contributed by atoms with Gasteiger partial charge in [-0.25, -0.2) is 0 Å². The molecule has 0 bridgehead atoms. The molecule has 0 fully saturated rings. The molecule has 0 aliphatic carbocycles. The minimum atomic E-state index is 0.554. The van der Waals surface area contributed by atoms with Crippen molar-refractivity contribution in [3.63, 3.8) is 0 Å². The molecule has 0 aliphatic rings. The molecule has 2 aromatic rings. The molecule has 0 aromatic carbocycles. The van der Waals surface area contributed by atoms with Gasteiger partial charge in [0.25, 0.3) is 0 Å². The maximum Gasteiger partial charge on any atom is 0.101 e. The van der Waals surface area contributed by atoms with Crippen molar-refractivity contribution in [3.05, 3.63) is 42.6 Å². The molecule has 0 unspecified atom stereocenters. The highest BCUT2D eigenvalue weighted by atomic mass is 16.3. The molecule has 0 atom stereocenters. The van der Waals surface area contributed by atoms with Crippen LogP contribution in [0.4, 0.5) is 0 Å². The van der Waals surface area contributed by atoms with E-state index in [1.165, 1.54) is 6.20 Å². The normalized spacial score (nSPS) is 9.46. The summed E-state index contributed by atoms with van der Waals surface area (Å²) in [6, 6.07) is 5.64. The van der Waals surface area contributed by atoms with Gasteiger partial charge in [0.1, 0.15) is 6.07 Å². The van der Waals surface area contributed by atoms with Crippen LogP contribution >= 0.6 is 0 Å². The first-order chi connectivity index (χ1) is 6.40. The van der Waals surface area contributed by atoms with E-state index < -0.39 is 0 Å². The molecule has 2 heterocycles. The van der Waals surface area contributed by atoms with Gasteiger partial charge in [-0.1, -0.05) is 0 Å². The van der Waals surface area contributed by atoms with Crippen molar-refractivity contribution in [2.24, 2.45) is 0 Å². The van der Waals surface area contributed by atoms with E-state index in [9.17, 15) is 0 Å². The van der Waals surface area contributed by atoms with Crippen LogP contribution in [0.25, 0.3) is 11.1 Å². The molecule has 2 rings (SSSR count). The summed E-state index contributed by atoms with van der Waals surface area (Å²) in [5.41, 5.74) is 2.39. The second-order valence-corrected chi connectivity index (χ2v) is 2.59. The molecule has 2 aromatic heterocycles. The maximum absolute atomic E-state index is 8.65. The molecule has 13 heavy (non-hydrogen) atoms. The molecule has 62 valence electrons. The van der Waals surface area contributed by atoms with E-state index in [1.807, 2.05) is 12.1 Å². The maximum atomic E-state index is 8.65. The van der Waals surface area contributed by atoms with E-state index >= 15 is 0 Å². The van der Waals surface area contributed by atoms with Gasteiger partial charge >= 0.3 is 0 Å². The first kappa shape index (κ1) is 7.56. The molecule has 0 radical (unpaired) electrons. The molecule has 0 saturated heterocycles. The lowest BCUT2D eigenvalue weighted by molar-refractivity contribution is 0.568. The predicted molar refractivity (Wildman–Crippen MR) is 46.7 cm³/mol. The summed E-state index contributed by atoms with van der Waals surface area (Å²) >= 11 is 0. The fraction of sp³-hybridized carbons (Fsp3) is 0. The molecule has 0 amide bonds. The summed E-state index contributed by atoms with van der Waals surface area (Å²) in [4.78, 5) is 3.95. The molecule has 0 N–H and O–H groups in total. The Morgan fingerprint density at radius 3 is 2.92 bits per heavy atom. The molecule has 0 aliphatic heterocycles. The first-order valence-corrected chi connectivity index (χ1v) is 3.78. The zero-order chi connectivity index (χ0) is 9.10. The number of hydrogen-bond acceptors (Lipinski definition) is 3. The predicted octanol–water partition coefficient (Wildman–Crippen LogP) is 2.21. The Morgan fingerprint density at radius 2 is 2.23 bits per heavy atom. The molecule has 3 nitrogen and oxygen atoms in total. The average Bonchev–Trinajstić information content (AvgIpc) is 2.71. The zero-order valence-electron chi connectivity index (χ0n) is 6.77. The third-order valence-corrected chi connectivity index (χ3v) is 1.72. The van der Waals surface area contributed by atoms with Gasteiger partial charge in [-0.15, -0.1) is 0 Å². The van der Waals surface area contributed by atoms with E-state index in [2.05, 4.69) is 4.98 Å². The van der Waals surface area contributed by atoms with Crippen molar-refractivity contribution in [1.82, 2.24) is 4.98 Å². The first-order valence-electron chi connectivity index (χ1n) is 3.78. The van der Waals surface area contributed by atoms with E-state index in [0.29, 0.717) is 5.56 Å². The van der Waals surface area contributed by atoms with Gasteiger partial charge in [0.2, 0.25) is 0 Å². The van der Waals surface area contributed by atoms with Crippen LogP contribution in [-0.4, -0.2) is 4.98 Å². The number of hydrogen-bond donors (Lipinski definition) is 0. The lowest BCUT2D eigenvalue weighted by atomic mass is 10.1. The van der Waals surface area contributed by atoms with Gasteiger partial charge < -0.3 is 4.42 Å². The highest BCUT2D eigenvalue weighted by molar-refractivity contribution is 5.62. The van der Waals surface area contributed by atoms with E-state index in [1.54, 1.807) is 24.8 Å². The van der Waals surface area contributed by atoms with Gasteiger partial charge in [0, 0.05) is 23.5 Å². The standard InChI is InChI=1S/C10H6N2O/c11-4-8-3-10(6-12-5-8)9-1-2-13-7-9/h1-3,5-7H. The second kappa shape index (κ2) is 3.11. The molecule has 3 heteroatoms. The summed E-state index contributed by atoms with van der Waals surface area (Å²) < 4.78 is 4.93. The summed E-state index contributed by atoms with van der Waals surface area (Å²) in [6.07, 6.45) is 6.45. The Bertz CT molecular complexity index is 440. The molecular formula is C10H6N2O. The number of nitriles is 1. The number of rotatable bonds is 1. The minimum Gasteiger partial charge on any atom is -0.472 e. The molecular weight excluding hydrogens is 164 g/mol. The monoisotopic (exact) mass is 170 g/mol. The Balaban J connectivity index is 2.49. The summed E-state index contributed by atoms with van der Waals surface area (Å²) in [7, 11) is 0. The van der Waals surface area contributed by atoms with Gasteiger partial charge in [0.05, 0.1) is 18.1 Å². The summed E-state index contributed by atoms with van der Waals surface area (Å²) in [5.74, 6) is 0. The van der Waals surface area contributed by atoms with Gasteiger partial charge in [-0.3, -0.25) is 4.98 Å². The van der Waals surface area contributed by atoms with Crippen LogP contribution in [0.5, 0.6) is 0 Å². The highest BCUT2D eigenvalue weighted by Crippen LogP contribution is 2.18. The Hall–Kier alpha value is -2.08. The summed E-state index contributed by atoms with van der Waals surface area (Å²) in [5, 5.41) is 8.65. The minimum absolute atomic E-state index is 0.554. The van der Waals surface area contributed by atoms with Gasteiger partial charge in [0.15, 0.2) is 0 Å². The van der Waals surface area contributed by atoms with E-state index in [0.717, 1.165) is 11.1 Å². The van der Waals surface area contributed by atoms with Crippen LogP contribution < -0.4 is 0 Å². The van der Waals surface area contributed by atoms with Crippen molar-refractivity contribution in [1.29, 1.82) is 5.26 Å². The lowest BCUT2D eigenvalue weighted by Gasteiger charge is -1.94. The van der Waals surface area contributed by atoms with Crippen LogP contribution in [-0.2, 0) is 0 Å². The molecule has 0 saturated carbocycles. The van der Waals surface area contributed by atoms with Crippen molar-refractivity contribution >= 4 is 0 Å². The van der Waals surface area contributed by atoms with Crippen LogP contribution in [0.3, 0.4) is 0 Å². The van der Waals surface area contributed by atoms with E-state index in [-0.39, 0.29) is 0 Å². The largest absolute Gasteiger partial charge is 0.472 e. The summed E-state index contributed by atoms with van der Waals surface area (Å²) in [6.45, 7) is 0. The van der Waals surface area contributed by atoms with Crippen LogP contribution in [0.15, 0.2) is 41.5 Å². The number of pyridine rings is 1. The Kier molecular flexibility index (Phi) is 1.81. The smallest absolute Gasteiger partial charge is 0.101 e. The fourth-order valence-electron chi connectivity index (χ4n) is 1.09. The topological polar surface area (TPSA) is 49.8 Å². The second-order valence-electron chi connectivity index (χ2n) is 2.59. The average molecular weight is 170 g/mol. The van der Waals surface area contributed by atoms with Crippen molar-refractivity contribution < 1.29 is 4.42 Å². The zero-order valence-corrected chi connectivity index (χ0v) is 6.77. The van der Waals surface area contributed by atoms with Crippen molar-refractivity contribution in [2.45, 2.75) is 0 Å². The lowest BCUT2D eigenvalue weighted by Crippen LogP contribution is -1.80. The molecule has 0 spiro atoms. The number of aromatic nitrogens is 1. The van der Waals surface area contributed by atoms with Crippen LogP contribution in [0, 0.1) is 11.3 Å². The van der Waals surface area contributed by atoms with Crippen LogP contribution in [0.1, 0.15) is 5.56 Å².